The summed E-state index contributed by atoms with van der Waals surface area (Å²) in [5, 5.41) is 11.6. The molecule has 3 rings (SSSR count). The third-order valence-corrected chi connectivity index (χ3v) is 4.60. The maximum Gasteiger partial charge on any atom is 0.234 e. The number of amides is 1. The molecule has 0 aliphatic rings. The van der Waals surface area contributed by atoms with Crippen LogP contribution < -0.4 is 14.8 Å². The Kier molecular flexibility index (Phi) is 6.32. The fourth-order valence-corrected chi connectivity index (χ4v) is 3.14. The van der Waals surface area contributed by atoms with Crippen molar-refractivity contribution in [2.45, 2.75) is 12.1 Å². The van der Waals surface area contributed by atoms with Gasteiger partial charge in [-0.05, 0) is 43.3 Å². The third kappa shape index (κ3) is 4.79. The first-order chi connectivity index (χ1) is 13.2. The number of anilines is 1. The van der Waals surface area contributed by atoms with E-state index in [9.17, 15) is 4.79 Å². The molecule has 1 N–H and O–H groups in total. The third-order valence-electron chi connectivity index (χ3n) is 3.66. The fraction of sp³-hybridized carbons (Fsp3) is 0.211. The van der Waals surface area contributed by atoms with Crippen LogP contribution >= 0.6 is 11.8 Å². The smallest absolute Gasteiger partial charge is 0.234 e. The van der Waals surface area contributed by atoms with E-state index < -0.39 is 0 Å². The summed E-state index contributed by atoms with van der Waals surface area (Å²) in [6, 6.07) is 14.9. The van der Waals surface area contributed by atoms with Gasteiger partial charge in [-0.2, -0.15) is 0 Å². The van der Waals surface area contributed by atoms with Crippen LogP contribution in [0.2, 0.25) is 0 Å². The molecule has 3 aromatic rings. The van der Waals surface area contributed by atoms with Crippen molar-refractivity contribution >= 4 is 23.4 Å². The molecule has 1 heterocycles. The Morgan fingerprint density at radius 2 is 1.96 bits per heavy atom. The lowest BCUT2D eigenvalue weighted by Crippen LogP contribution is -2.15. The molecule has 2 aromatic carbocycles. The molecule has 0 aliphatic heterocycles. The van der Waals surface area contributed by atoms with Crippen LogP contribution in [0.1, 0.15) is 6.92 Å². The van der Waals surface area contributed by atoms with Gasteiger partial charge in [0.1, 0.15) is 17.8 Å². The summed E-state index contributed by atoms with van der Waals surface area (Å²) in [4.78, 5) is 12.3. The lowest BCUT2D eigenvalue weighted by atomic mass is 10.3. The number of hydrogen-bond acceptors (Lipinski definition) is 6. The number of nitrogens with zero attached hydrogens (tertiary/aromatic N) is 3. The van der Waals surface area contributed by atoms with E-state index in [1.165, 1.54) is 11.8 Å². The highest BCUT2D eigenvalue weighted by Crippen LogP contribution is 2.25. The van der Waals surface area contributed by atoms with Crippen LogP contribution in [0.3, 0.4) is 0 Å². The van der Waals surface area contributed by atoms with Gasteiger partial charge in [-0.15, -0.1) is 10.2 Å². The maximum absolute atomic E-state index is 12.3. The lowest BCUT2D eigenvalue weighted by molar-refractivity contribution is -0.113. The molecule has 0 bridgehead atoms. The van der Waals surface area contributed by atoms with Gasteiger partial charge >= 0.3 is 0 Å². The zero-order valence-corrected chi connectivity index (χ0v) is 15.9. The molecule has 0 saturated heterocycles. The van der Waals surface area contributed by atoms with E-state index in [0.717, 1.165) is 11.4 Å². The van der Waals surface area contributed by atoms with Gasteiger partial charge in [0.25, 0.3) is 0 Å². The van der Waals surface area contributed by atoms with Gasteiger partial charge in [0.15, 0.2) is 5.16 Å². The highest BCUT2D eigenvalue weighted by atomic mass is 32.2. The summed E-state index contributed by atoms with van der Waals surface area (Å²) in [6.45, 7) is 2.44. The molecule has 1 aromatic heterocycles. The minimum atomic E-state index is -0.142. The van der Waals surface area contributed by atoms with E-state index in [2.05, 4.69) is 15.5 Å². The molecule has 0 unspecified atom stereocenters. The minimum absolute atomic E-state index is 0.142. The quantitative estimate of drug-likeness (QED) is 0.600. The molecule has 7 nitrogen and oxygen atoms in total. The molecular weight excluding hydrogens is 364 g/mol. The van der Waals surface area contributed by atoms with Gasteiger partial charge in [-0.1, -0.05) is 23.9 Å². The van der Waals surface area contributed by atoms with E-state index >= 15 is 0 Å². The average molecular weight is 384 g/mol. The Balaban J connectivity index is 1.64. The Bertz CT molecular complexity index is 896. The Labute approximate surface area is 161 Å². The van der Waals surface area contributed by atoms with Crippen LogP contribution in [0.15, 0.2) is 60.0 Å². The molecule has 0 aliphatic carbocycles. The number of carbonyl (C=O) groups excluding carboxylic acids is 1. The van der Waals surface area contributed by atoms with Gasteiger partial charge in [-0.25, -0.2) is 0 Å². The van der Waals surface area contributed by atoms with Crippen molar-refractivity contribution in [3.8, 4) is 17.2 Å². The van der Waals surface area contributed by atoms with Crippen molar-refractivity contribution in [2.24, 2.45) is 0 Å². The summed E-state index contributed by atoms with van der Waals surface area (Å²) in [5.41, 5.74) is 1.55. The van der Waals surface area contributed by atoms with Crippen molar-refractivity contribution in [3.63, 3.8) is 0 Å². The van der Waals surface area contributed by atoms with E-state index in [4.69, 9.17) is 9.47 Å². The first-order valence-electron chi connectivity index (χ1n) is 8.40. The van der Waals surface area contributed by atoms with Gasteiger partial charge in [0.05, 0.1) is 25.2 Å². The first-order valence-corrected chi connectivity index (χ1v) is 9.38. The van der Waals surface area contributed by atoms with Crippen LogP contribution in [0.5, 0.6) is 11.5 Å². The molecule has 0 saturated carbocycles. The summed E-state index contributed by atoms with van der Waals surface area (Å²) < 4.78 is 12.5. The lowest BCUT2D eigenvalue weighted by Gasteiger charge is -2.11. The number of carbonyl (C=O) groups is 1. The fourth-order valence-electron chi connectivity index (χ4n) is 2.41. The highest BCUT2D eigenvalue weighted by molar-refractivity contribution is 7.99. The number of benzene rings is 2. The molecule has 8 heteroatoms. The summed E-state index contributed by atoms with van der Waals surface area (Å²) in [5.74, 6) is 1.49. The number of hydrogen-bond donors (Lipinski definition) is 1. The van der Waals surface area contributed by atoms with Crippen LogP contribution in [0, 0.1) is 0 Å². The molecule has 0 atom stereocenters. The second-order valence-electron chi connectivity index (χ2n) is 5.45. The zero-order valence-electron chi connectivity index (χ0n) is 15.1. The first kappa shape index (κ1) is 18.8. The number of aromatic nitrogens is 3. The molecule has 1 amide bonds. The largest absolute Gasteiger partial charge is 0.497 e. The molecule has 140 valence electrons. The van der Waals surface area contributed by atoms with Gasteiger partial charge in [0.2, 0.25) is 5.91 Å². The predicted molar refractivity (Wildman–Crippen MR) is 105 cm³/mol. The monoisotopic (exact) mass is 384 g/mol. The normalized spacial score (nSPS) is 10.4. The zero-order chi connectivity index (χ0) is 19.1. The molecular formula is C19H20N4O3S. The highest BCUT2D eigenvalue weighted by Gasteiger charge is 2.12. The van der Waals surface area contributed by atoms with E-state index in [1.54, 1.807) is 13.4 Å². The Morgan fingerprint density at radius 1 is 1.19 bits per heavy atom. The van der Waals surface area contributed by atoms with Crippen LogP contribution in [0.25, 0.3) is 5.69 Å². The summed E-state index contributed by atoms with van der Waals surface area (Å²) in [7, 11) is 1.62. The topological polar surface area (TPSA) is 78.3 Å². The number of para-hydroxylation sites is 2. The number of methoxy groups -OCH3 is 1. The van der Waals surface area contributed by atoms with E-state index in [1.807, 2.05) is 60.0 Å². The van der Waals surface area contributed by atoms with Crippen LogP contribution in [0.4, 0.5) is 5.69 Å². The number of rotatable bonds is 8. The molecule has 0 radical (unpaired) electrons. The van der Waals surface area contributed by atoms with E-state index in [-0.39, 0.29) is 11.7 Å². The second kappa shape index (κ2) is 9.09. The van der Waals surface area contributed by atoms with Gasteiger partial charge < -0.3 is 14.8 Å². The van der Waals surface area contributed by atoms with Gasteiger partial charge in [-0.3, -0.25) is 9.36 Å². The van der Waals surface area contributed by atoms with Crippen molar-refractivity contribution in [2.75, 3.05) is 24.8 Å². The SMILES string of the molecule is CCOc1ccccc1NC(=O)CSc1nncn1-c1ccc(OC)cc1. The van der Waals surface area contributed by atoms with Crippen molar-refractivity contribution in [1.29, 1.82) is 0 Å². The van der Waals surface area contributed by atoms with Crippen molar-refractivity contribution in [1.82, 2.24) is 14.8 Å². The summed E-state index contributed by atoms with van der Waals surface area (Å²) in [6.07, 6.45) is 1.62. The van der Waals surface area contributed by atoms with Crippen LogP contribution in [-0.2, 0) is 4.79 Å². The van der Waals surface area contributed by atoms with Gasteiger partial charge in [0, 0.05) is 5.69 Å². The standard InChI is InChI=1S/C19H20N4O3S/c1-3-26-17-7-5-4-6-16(17)21-18(24)12-27-19-22-20-13-23(19)14-8-10-15(25-2)11-9-14/h4-11,13H,3,12H2,1-2H3,(H,21,24). The molecule has 0 spiro atoms. The van der Waals surface area contributed by atoms with Crippen molar-refractivity contribution < 1.29 is 14.3 Å². The number of ether oxygens (including phenoxy) is 2. The minimum Gasteiger partial charge on any atom is -0.497 e. The van der Waals surface area contributed by atoms with Crippen LogP contribution in [-0.4, -0.2) is 40.1 Å². The van der Waals surface area contributed by atoms with Crippen molar-refractivity contribution in [3.05, 3.63) is 54.9 Å². The predicted octanol–water partition coefficient (Wildman–Crippen LogP) is 3.41. The second-order valence-corrected chi connectivity index (χ2v) is 6.39. The molecule has 0 fully saturated rings. The molecule has 27 heavy (non-hydrogen) atoms. The van der Waals surface area contributed by atoms with E-state index in [0.29, 0.717) is 23.2 Å². The average Bonchev–Trinajstić information content (AvgIpc) is 3.17. The summed E-state index contributed by atoms with van der Waals surface area (Å²) >= 11 is 1.31. The number of thioether (sulfide) groups is 1. The Morgan fingerprint density at radius 3 is 2.70 bits per heavy atom. The number of nitrogens with one attached hydrogen (secondary N) is 1. The maximum atomic E-state index is 12.3. The Hall–Kier alpha value is -3.00.